The molecule has 0 unspecified atom stereocenters. The van der Waals surface area contributed by atoms with Gasteiger partial charge in [0.25, 0.3) is 0 Å². The largest absolute Gasteiger partial charge is 0.493 e. The lowest BCUT2D eigenvalue weighted by Crippen LogP contribution is -2.18. The second kappa shape index (κ2) is 8.74. The van der Waals surface area contributed by atoms with Crippen molar-refractivity contribution in [2.24, 2.45) is 0 Å². The van der Waals surface area contributed by atoms with Crippen LogP contribution in [0, 0.1) is 0 Å². The summed E-state index contributed by atoms with van der Waals surface area (Å²) in [4.78, 5) is 0. The van der Waals surface area contributed by atoms with Gasteiger partial charge in [-0.15, -0.1) is 0 Å². The Kier molecular flexibility index (Phi) is 7.31. The van der Waals surface area contributed by atoms with Gasteiger partial charge in [-0.05, 0) is 24.7 Å². The number of halogens is 3. The van der Waals surface area contributed by atoms with Crippen molar-refractivity contribution in [2.45, 2.75) is 19.1 Å². The van der Waals surface area contributed by atoms with E-state index in [1.54, 1.807) is 6.07 Å². The molecule has 4 nitrogen and oxygen atoms in total. The van der Waals surface area contributed by atoms with Crippen molar-refractivity contribution in [1.82, 2.24) is 5.32 Å². The van der Waals surface area contributed by atoms with E-state index >= 15 is 0 Å². The summed E-state index contributed by atoms with van der Waals surface area (Å²) >= 11 is 0. The number of benzene rings is 1. The molecule has 0 heterocycles. The van der Waals surface area contributed by atoms with Crippen LogP contribution < -0.4 is 14.8 Å². The molecule has 7 heteroatoms. The van der Waals surface area contributed by atoms with E-state index in [1.807, 2.05) is 19.2 Å². The molecule has 0 fully saturated rings. The quantitative estimate of drug-likeness (QED) is 0.712. The van der Waals surface area contributed by atoms with Crippen molar-refractivity contribution in [3.63, 3.8) is 0 Å². The van der Waals surface area contributed by atoms with E-state index in [4.69, 9.17) is 9.47 Å². The van der Waals surface area contributed by atoms with Crippen LogP contribution in [0.25, 0.3) is 0 Å². The monoisotopic (exact) mass is 307 g/mol. The third-order valence-corrected chi connectivity index (χ3v) is 2.57. The SMILES string of the molecule is CNCc1ccc(OCCCOCC(F)(F)F)c(OC)c1. The number of hydrogen-bond acceptors (Lipinski definition) is 4. The van der Waals surface area contributed by atoms with E-state index in [-0.39, 0.29) is 13.2 Å². The van der Waals surface area contributed by atoms with E-state index < -0.39 is 12.8 Å². The summed E-state index contributed by atoms with van der Waals surface area (Å²) in [6.45, 7) is -0.254. The molecule has 0 saturated heterocycles. The van der Waals surface area contributed by atoms with Crippen LogP contribution in [0.4, 0.5) is 13.2 Å². The summed E-state index contributed by atoms with van der Waals surface area (Å²) in [5, 5.41) is 3.03. The molecule has 0 spiro atoms. The Morgan fingerprint density at radius 2 is 1.90 bits per heavy atom. The van der Waals surface area contributed by atoms with E-state index in [2.05, 4.69) is 10.1 Å². The first-order valence-corrected chi connectivity index (χ1v) is 6.55. The molecule has 0 aromatic heterocycles. The van der Waals surface area contributed by atoms with Crippen molar-refractivity contribution in [1.29, 1.82) is 0 Å². The Bertz CT molecular complexity index is 424. The molecule has 0 aliphatic rings. The summed E-state index contributed by atoms with van der Waals surface area (Å²) in [6, 6.07) is 5.53. The van der Waals surface area contributed by atoms with Gasteiger partial charge < -0.3 is 19.5 Å². The standard InChI is InChI=1S/C14H20F3NO3/c1-18-9-11-4-5-12(13(8-11)19-2)21-7-3-6-20-10-14(15,16)17/h4-5,8,18H,3,6-7,9-10H2,1-2H3. The summed E-state index contributed by atoms with van der Waals surface area (Å²) < 4.78 is 50.8. The molecule has 0 aliphatic carbocycles. The highest BCUT2D eigenvalue weighted by molar-refractivity contribution is 5.42. The zero-order chi connectivity index (χ0) is 15.7. The van der Waals surface area contributed by atoms with E-state index in [9.17, 15) is 13.2 Å². The van der Waals surface area contributed by atoms with Gasteiger partial charge in [-0.25, -0.2) is 0 Å². The predicted octanol–water partition coefficient (Wildman–Crippen LogP) is 2.76. The zero-order valence-corrected chi connectivity index (χ0v) is 12.1. The molecule has 1 rings (SSSR count). The van der Waals surface area contributed by atoms with E-state index in [0.717, 1.165) is 5.56 Å². The van der Waals surface area contributed by atoms with Crippen molar-refractivity contribution in [3.05, 3.63) is 23.8 Å². The molecule has 120 valence electrons. The van der Waals surface area contributed by atoms with Gasteiger partial charge in [0.15, 0.2) is 11.5 Å². The first-order valence-electron chi connectivity index (χ1n) is 6.55. The number of ether oxygens (including phenoxy) is 3. The first-order chi connectivity index (χ1) is 9.96. The molecule has 0 saturated carbocycles. The average Bonchev–Trinajstić information content (AvgIpc) is 2.42. The average molecular weight is 307 g/mol. The van der Waals surface area contributed by atoms with E-state index in [1.165, 1.54) is 7.11 Å². The minimum absolute atomic E-state index is 0.000334. The molecule has 21 heavy (non-hydrogen) atoms. The van der Waals surface area contributed by atoms with Gasteiger partial charge in [0.05, 0.1) is 20.3 Å². The number of alkyl halides is 3. The van der Waals surface area contributed by atoms with Gasteiger partial charge in [-0.1, -0.05) is 6.07 Å². The summed E-state index contributed by atoms with van der Waals surface area (Å²) in [5.74, 6) is 1.16. The third kappa shape index (κ3) is 7.19. The van der Waals surface area contributed by atoms with E-state index in [0.29, 0.717) is 24.5 Å². The van der Waals surface area contributed by atoms with Crippen LogP contribution in [-0.4, -0.2) is 40.2 Å². The van der Waals surface area contributed by atoms with Crippen LogP contribution in [0.1, 0.15) is 12.0 Å². The fraction of sp³-hybridized carbons (Fsp3) is 0.571. The van der Waals surface area contributed by atoms with Crippen LogP contribution in [0.15, 0.2) is 18.2 Å². The number of hydrogen-bond donors (Lipinski definition) is 1. The Morgan fingerprint density at radius 1 is 1.14 bits per heavy atom. The molecule has 1 aromatic carbocycles. The second-order valence-electron chi connectivity index (χ2n) is 4.39. The van der Waals surface area contributed by atoms with Crippen LogP contribution >= 0.6 is 0 Å². The van der Waals surface area contributed by atoms with Crippen molar-refractivity contribution < 1.29 is 27.4 Å². The molecule has 0 bridgehead atoms. The molecule has 0 atom stereocenters. The molecular formula is C14H20F3NO3. The van der Waals surface area contributed by atoms with Crippen LogP contribution in [0.5, 0.6) is 11.5 Å². The fourth-order valence-electron chi connectivity index (χ4n) is 1.68. The van der Waals surface area contributed by atoms with Crippen molar-refractivity contribution in [3.8, 4) is 11.5 Å². The Balaban J connectivity index is 2.34. The number of methoxy groups -OCH3 is 1. The highest BCUT2D eigenvalue weighted by Gasteiger charge is 2.27. The normalized spacial score (nSPS) is 11.5. The van der Waals surface area contributed by atoms with Gasteiger partial charge >= 0.3 is 6.18 Å². The summed E-state index contributed by atoms with van der Waals surface area (Å²) in [6.07, 6.45) is -3.91. The van der Waals surface area contributed by atoms with Gasteiger partial charge in [0, 0.05) is 13.0 Å². The van der Waals surface area contributed by atoms with Crippen LogP contribution in [0.2, 0.25) is 0 Å². The zero-order valence-electron chi connectivity index (χ0n) is 12.1. The van der Waals surface area contributed by atoms with Crippen LogP contribution in [0.3, 0.4) is 0 Å². The van der Waals surface area contributed by atoms with Crippen molar-refractivity contribution >= 4 is 0 Å². The first kappa shape index (κ1) is 17.6. The molecule has 0 aliphatic heterocycles. The third-order valence-electron chi connectivity index (χ3n) is 2.57. The molecular weight excluding hydrogens is 287 g/mol. The summed E-state index contributed by atoms with van der Waals surface area (Å²) in [7, 11) is 3.38. The maximum atomic E-state index is 11.9. The maximum absolute atomic E-state index is 11.9. The minimum Gasteiger partial charge on any atom is -0.493 e. The topological polar surface area (TPSA) is 39.7 Å². The van der Waals surface area contributed by atoms with Crippen molar-refractivity contribution in [2.75, 3.05) is 34.0 Å². The fourth-order valence-corrected chi connectivity index (χ4v) is 1.68. The second-order valence-corrected chi connectivity index (χ2v) is 4.39. The highest BCUT2D eigenvalue weighted by atomic mass is 19.4. The Morgan fingerprint density at radius 3 is 2.52 bits per heavy atom. The van der Waals surface area contributed by atoms with Crippen LogP contribution in [-0.2, 0) is 11.3 Å². The minimum atomic E-state index is -4.28. The highest BCUT2D eigenvalue weighted by Crippen LogP contribution is 2.28. The maximum Gasteiger partial charge on any atom is 0.411 e. The lowest BCUT2D eigenvalue weighted by Gasteiger charge is -2.12. The summed E-state index contributed by atoms with van der Waals surface area (Å²) in [5.41, 5.74) is 1.05. The van der Waals surface area contributed by atoms with Gasteiger partial charge in [-0.3, -0.25) is 0 Å². The smallest absolute Gasteiger partial charge is 0.411 e. The molecule has 0 amide bonds. The van der Waals surface area contributed by atoms with Gasteiger partial charge in [-0.2, -0.15) is 13.2 Å². The number of nitrogens with one attached hydrogen (secondary N) is 1. The Hall–Kier alpha value is -1.47. The molecule has 1 aromatic rings. The van der Waals surface area contributed by atoms with Gasteiger partial charge in [0.2, 0.25) is 0 Å². The molecule has 0 radical (unpaired) electrons. The lowest BCUT2D eigenvalue weighted by atomic mass is 10.2. The van der Waals surface area contributed by atoms with Gasteiger partial charge in [0.1, 0.15) is 6.61 Å². The lowest BCUT2D eigenvalue weighted by molar-refractivity contribution is -0.174. The molecule has 1 N–H and O–H groups in total. The Labute approximate surface area is 122 Å². The number of rotatable bonds is 9. The predicted molar refractivity (Wildman–Crippen MR) is 72.7 cm³/mol.